The second kappa shape index (κ2) is 9.86. The van der Waals surface area contributed by atoms with E-state index in [-0.39, 0.29) is 30.4 Å². The van der Waals surface area contributed by atoms with Crippen LogP contribution in [0, 0.1) is 20.8 Å². The molecule has 6 heteroatoms. The van der Waals surface area contributed by atoms with Gasteiger partial charge in [-0.05, 0) is 80.8 Å². The first-order valence-corrected chi connectivity index (χ1v) is 13.2. The van der Waals surface area contributed by atoms with Crippen LogP contribution in [0.4, 0.5) is 0 Å². The number of nitrogens with zero attached hydrogens (tertiary/aromatic N) is 2. The molecule has 1 aliphatic carbocycles. The van der Waals surface area contributed by atoms with Gasteiger partial charge in [-0.15, -0.1) is 11.3 Å². The maximum absolute atomic E-state index is 13.7. The third-order valence-corrected chi connectivity index (χ3v) is 7.99. The lowest BCUT2D eigenvalue weighted by Crippen LogP contribution is -2.48. The summed E-state index contributed by atoms with van der Waals surface area (Å²) in [4.78, 5) is 32.0. The van der Waals surface area contributed by atoms with E-state index in [1.54, 1.807) is 16.2 Å². The molecule has 1 fully saturated rings. The smallest absolute Gasteiger partial charge is 0.254 e. The van der Waals surface area contributed by atoms with Crippen LogP contribution in [0.2, 0.25) is 0 Å². The highest BCUT2D eigenvalue weighted by molar-refractivity contribution is 7.10. The van der Waals surface area contributed by atoms with E-state index in [0.717, 1.165) is 36.1 Å². The van der Waals surface area contributed by atoms with Crippen molar-refractivity contribution in [3.63, 3.8) is 0 Å². The Morgan fingerprint density at radius 1 is 1.03 bits per heavy atom. The molecule has 5 rings (SSSR count). The number of fused-ring (bicyclic) bond motifs is 1. The van der Waals surface area contributed by atoms with E-state index in [9.17, 15) is 9.59 Å². The summed E-state index contributed by atoms with van der Waals surface area (Å²) in [5.41, 5.74) is 5.21. The monoisotopic (exact) mass is 488 g/mol. The minimum Gasteiger partial charge on any atom is -0.491 e. The zero-order chi connectivity index (χ0) is 24.5. The first-order valence-electron chi connectivity index (χ1n) is 12.3. The summed E-state index contributed by atoms with van der Waals surface area (Å²) >= 11 is 1.74. The van der Waals surface area contributed by atoms with Crippen molar-refractivity contribution in [3.8, 4) is 5.75 Å². The van der Waals surface area contributed by atoms with Gasteiger partial charge >= 0.3 is 0 Å². The molecule has 5 nitrogen and oxygen atoms in total. The average Bonchev–Trinajstić information content (AvgIpc) is 3.57. The topological polar surface area (TPSA) is 49.9 Å². The second-order valence-electron chi connectivity index (χ2n) is 9.76. The van der Waals surface area contributed by atoms with E-state index in [4.69, 9.17) is 4.74 Å². The second-order valence-corrected chi connectivity index (χ2v) is 10.8. The van der Waals surface area contributed by atoms with Gasteiger partial charge in [0.15, 0.2) is 0 Å². The van der Waals surface area contributed by atoms with Crippen molar-refractivity contribution in [1.82, 2.24) is 9.80 Å². The van der Waals surface area contributed by atoms with Crippen LogP contribution < -0.4 is 4.74 Å². The third-order valence-electron chi connectivity index (χ3n) is 6.99. The number of amides is 2. The molecule has 0 saturated heterocycles. The minimum absolute atomic E-state index is 0.0107. The maximum atomic E-state index is 13.7. The largest absolute Gasteiger partial charge is 0.491 e. The van der Waals surface area contributed by atoms with Crippen molar-refractivity contribution < 1.29 is 14.3 Å². The van der Waals surface area contributed by atoms with E-state index in [0.29, 0.717) is 18.7 Å². The molecule has 0 bridgehead atoms. The van der Waals surface area contributed by atoms with Gasteiger partial charge in [-0.3, -0.25) is 9.59 Å². The van der Waals surface area contributed by atoms with E-state index < -0.39 is 0 Å². The summed E-state index contributed by atoms with van der Waals surface area (Å²) in [6.45, 7) is 7.27. The standard InChI is InChI=1S/C29H32N2O3S/c1-19-4-7-22(8-5-19)29(33)31(23-9-10-23)17-28(32)30-14-12-27-24(13-15-35-27)25(30)18-34-26-11-6-20(2)16-21(26)3/h4-8,11,13,15-16,23,25H,9-10,12,14,17-18H2,1-3H3. The van der Waals surface area contributed by atoms with Gasteiger partial charge in [0, 0.05) is 23.0 Å². The molecule has 0 N–H and O–H groups in total. The van der Waals surface area contributed by atoms with Crippen molar-refractivity contribution in [2.75, 3.05) is 19.7 Å². The molecule has 1 atom stereocenters. The Balaban J connectivity index is 1.34. The highest BCUT2D eigenvalue weighted by Gasteiger charge is 2.38. The lowest BCUT2D eigenvalue weighted by atomic mass is 10.00. The Morgan fingerprint density at radius 2 is 1.77 bits per heavy atom. The normalized spacial score (nSPS) is 17.1. The number of carbonyl (C=O) groups excluding carboxylic acids is 2. The molecule has 1 aromatic heterocycles. The Hall–Kier alpha value is -3.12. The minimum atomic E-state index is -0.159. The molecule has 2 aromatic carbocycles. The van der Waals surface area contributed by atoms with Crippen LogP contribution in [0.5, 0.6) is 5.75 Å². The van der Waals surface area contributed by atoms with Gasteiger partial charge < -0.3 is 14.5 Å². The van der Waals surface area contributed by atoms with E-state index in [1.807, 2.05) is 55.1 Å². The highest BCUT2D eigenvalue weighted by atomic mass is 32.1. The van der Waals surface area contributed by atoms with Crippen molar-refractivity contribution >= 4 is 23.2 Å². The first-order chi connectivity index (χ1) is 16.9. The zero-order valence-electron chi connectivity index (χ0n) is 20.6. The Labute approximate surface area is 211 Å². The molecule has 182 valence electrons. The SMILES string of the molecule is Cc1ccc(C(=O)N(CC(=O)N2CCc3sccc3C2COc2ccc(C)cc2C)C2CC2)cc1. The van der Waals surface area contributed by atoms with Crippen molar-refractivity contribution in [2.45, 2.75) is 52.1 Å². The summed E-state index contributed by atoms with van der Waals surface area (Å²) in [7, 11) is 0. The molecule has 1 aliphatic heterocycles. The molecule has 2 heterocycles. The van der Waals surface area contributed by atoms with E-state index in [2.05, 4.69) is 24.4 Å². The van der Waals surface area contributed by atoms with Gasteiger partial charge in [-0.25, -0.2) is 0 Å². The summed E-state index contributed by atoms with van der Waals surface area (Å²) in [5.74, 6) is 0.778. The van der Waals surface area contributed by atoms with Crippen LogP contribution in [0.1, 0.15) is 56.4 Å². The van der Waals surface area contributed by atoms with Gasteiger partial charge in [0.25, 0.3) is 5.91 Å². The molecule has 2 aliphatic rings. The maximum Gasteiger partial charge on any atom is 0.254 e. The van der Waals surface area contributed by atoms with Crippen LogP contribution in [-0.4, -0.2) is 47.4 Å². The molecule has 1 saturated carbocycles. The first kappa shape index (κ1) is 23.6. The van der Waals surface area contributed by atoms with Gasteiger partial charge in [-0.1, -0.05) is 35.4 Å². The van der Waals surface area contributed by atoms with Crippen LogP contribution in [0.15, 0.2) is 53.9 Å². The number of thiophene rings is 1. The predicted molar refractivity (Wildman–Crippen MR) is 139 cm³/mol. The van der Waals surface area contributed by atoms with Gasteiger partial charge in [0.2, 0.25) is 5.91 Å². The molecular formula is C29H32N2O3S. The molecule has 2 amide bonds. The van der Waals surface area contributed by atoms with Crippen LogP contribution >= 0.6 is 11.3 Å². The van der Waals surface area contributed by atoms with Crippen LogP contribution in [0.25, 0.3) is 0 Å². The van der Waals surface area contributed by atoms with Crippen molar-refractivity contribution in [2.24, 2.45) is 0 Å². The fourth-order valence-electron chi connectivity index (χ4n) is 4.86. The number of carbonyl (C=O) groups is 2. The Kier molecular flexibility index (Phi) is 6.65. The average molecular weight is 489 g/mol. The van der Waals surface area contributed by atoms with Crippen molar-refractivity contribution in [3.05, 3.63) is 86.6 Å². The number of aryl methyl sites for hydroxylation is 3. The number of hydrogen-bond donors (Lipinski definition) is 0. The van der Waals surface area contributed by atoms with E-state index in [1.165, 1.54) is 16.0 Å². The molecule has 1 unspecified atom stereocenters. The summed E-state index contributed by atoms with van der Waals surface area (Å²) < 4.78 is 6.26. The van der Waals surface area contributed by atoms with Gasteiger partial charge in [0.05, 0.1) is 6.04 Å². The molecular weight excluding hydrogens is 456 g/mol. The molecule has 35 heavy (non-hydrogen) atoms. The molecule has 0 spiro atoms. The summed E-state index contributed by atoms with van der Waals surface area (Å²) in [6.07, 6.45) is 2.76. The molecule has 3 aromatic rings. The summed E-state index contributed by atoms with van der Waals surface area (Å²) in [6, 6.07) is 15.9. The fraction of sp³-hybridized carbons (Fsp3) is 0.379. The molecule has 0 radical (unpaired) electrons. The lowest BCUT2D eigenvalue weighted by molar-refractivity contribution is -0.135. The zero-order valence-corrected chi connectivity index (χ0v) is 21.4. The highest BCUT2D eigenvalue weighted by Crippen LogP contribution is 2.35. The number of hydrogen-bond acceptors (Lipinski definition) is 4. The Morgan fingerprint density at radius 3 is 2.49 bits per heavy atom. The fourth-order valence-corrected chi connectivity index (χ4v) is 5.78. The van der Waals surface area contributed by atoms with Crippen LogP contribution in [-0.2, 0) is 11.2 Å². The predicted octanol–water partition coefficient (Wildman–Crippen LogP) is 5.48. The quantitative estimate of drug-likeness (QED) is 0.442. The Bertz CT molecular complexity index is 1230. The number of benzene rings is 2. The van der Waals surface area contributed by atoms with Gasteiger partial charge in [0.1, 0.15) is 18.9 Å². The summed E-state index contributed by atoms with van der Waals surface area (Å²) in [5, 5.41) is 2.10. The van der Waals surface area contributed by atoms with Crippen LogP contribution in [0.3, 0.4) is 0 Å². The number of ether oxygens (including phenoxy) is 1. The van der Waals surface area contributed by atoms with Gasteiger partial charge in [-0.2, -0.15) is 0 Å². The number of rotatable bonds is 7. The van der Waals surface area contributed by atoms with E-state index >= 15 is 0 Å². The lowest BCUT2D eigenvalue weighted by Gasteiger charge is -2.37. The third kappa shape index (κ3) is 5.13. The van der Waals surface area contributed by atoms with Crippen molar-refractivity contribution in [1.29, 1.82) is 0 Å².